The van der Waals surface area contributed by atoms with E-state index in [9.17, 15) is 10.1 Å². The highest BCUT2D eigenvalue weighted by Gasteiger charge is 2.16. The standard InChI is InChI=1S/C12H13Cl2N3O3/c1-2-16-8(7-15)3-4-20-12-10(13)5-9(17(18)19)6-11(12)14/h5-6,8,16H,2-4H2,1H3. The molecule has 1 atom stereocenters. The van der Waals surface area contributed by atoms with Crippen LogP contribution >= 0.6 is 23.2 Å². The lowest BCUT2D eigenvalue weighted by Gasteiger charge is -2.12. The number of benzene rings is 1. The minimum Gasteiger partial charge on any atom is -0.490 e. The summed E-state index contributed by atoms with van der Waals surface area (Å²) in [5.74, 6) is 0.187. The average molecular weight is 318 g/mol. The Hall–Kier alpha value is -1.55. The van der Waals surface area contributed by atoms with Crippen LogP contribution in [0.1, 0.15) is 13.3 Å². The van der Waals surface area contributed by atoms with Crippen molar-refractivity contribution in [3.8, 4) is 11.8 Å². The number of nitrogens with one attached hydrogen (secondary N) is 1. The van der Waals surface area contributed by atoms with E-state index in [0.29, 0.717) is 13.0 Å². The number of hydrogen-bond donors (Lipinski definition) is 1. The van der Waals surface area contributed by atoms with Crippen molar-refractivity contribution >= 4 is 28.9 Å². The first-order valence-corrected chi connectivity index (χ1v) is 6.64. The number of halogens is 2. The van der Waals surface area contributed by atoms with E-state index in [-0.39, 0.29) is 34.1 Å². The molecule has 1 aromatic rings. The molecule has 0 saturated carbocycles. The Labute approximate surface area is 126 Å². The van der Waals surface area contributed by atoms with E-state index in [4.69, 9.17) is 33.2 Å². The zero-order valence-electron chi connectivity index (χ0n) is 10.7. The summed E-state index contributed by atoms with van der Waals surface area (Å²) in [7, 11) is 0. The van der Waals surface area contributed by atoms with Gasteiger partial charge >= 0.3 is 0 Å². The van der Waals surface area contributed by atoms with E-state index < -0.39 is 4.92 Å². The number of hydrogen-bond acceptors (Lipinski definition) is 5. The summed E-state index contributed by atoms with van der Waals surface area (Å²) in [6.45, 7) is 2.80. The van der Waals surface area contributed by atoms with Gasteiger partial charge < -0.3 is 10.1 Å². The first kappa shape index (κ1) is 16.5. The van der Waals surface area contributed by atoms with Crippen LogP contribution in [0.3, 0.4) is 0 Å². The summed E-state index contributed by atoms with van der Waals surface area (Å²) in [5.41, 5.74) is -0.199. The molecular formula is C12H13Cl2N3O3. The van der Waals surface area contributed by atoms with Crippen molar-refractivity contribution in [2.75, 3.05) is 13.2 Å². The molecule has 108 valence electrons. The van der Waals surface area contributed by atoms with E-state index in [1.54, 1.807) is 0 Å². The second kappa shape index (κ2) is 7.90. The minimum atomic E-state index is -0.585. The third kappa shape index (κ3) is 4.53. The van der Waals surface area contributed by atoms with Crippen LogP contribution in [-0.4, -0.2) is 24.1 Å². The van der Waals surface area contributed by atoms with Gasteiger partial charge in [0, 0.05) is 18.6 Å². The van der Waals surface area contributed by atoms with Gasteiger partial charge in [0.1, 0.15) is 0 Å². The van der Waals surface area contributed by atoms with E-state index in [0.717, 1.165) is 0 Å². The van der Waals surface area contributed by atoms with Crippen molar-refractivity contribution in [2.45, 2.75) is 19.4 Å². The van der Waals surface area contributed by atoms with Crippen LogP contribution in [0, 0.1) is 21.4 Å². The average Bonchev–Trinajstić information content (AvgIpc) is 2.40. The molecular weight excluding hydrogens is 305 g/mol. The first-order chi connectivity index (χ1) is 9.49. The molecule has 0 bridgehead atoms. The maximum Gasteiger partial charge on any atom is 0.272 e. The number of ether oxygens (including phenoxy) is 1. The number of rotatable bonds is 7. The molecule has 0 amide bonds. The predicted octanol–water partition coefficient (Wildman–Crippen LogP) is 3.17. The van der Waals surface area contributed by atoms with Crippen LogP contribution in [0.2, 0.25) is 10.0 Å². The SMILES string of the molecule is CCNC(C#N)CCOc1c(Cl)cc([N+](=O)[O-])cc1Cl. The highest BCUT2D eigenvalue weighted by Crippen LogP contribution is 2.36. The molecule has 0 spiro atoms. The summed E-state index contributed by atoms with van der Waals surface area (Å²) in [4.78, 5) is 10.0. The number of nitro benzene ring substituents is 1. The van der Waals surface area contributed by atoms with Gasteiger partial charge in [-0.05, 0) is 6.54 Å². The quantitative estimate of drug-likeness (QED) is 0.616. The molecule has 0 fully saturated rings. The molecule has 6 nitrogen and oxygen atoms in total. The Morgan fingerprint density at radius 1 is 1.50 bits per heavy atom. The fraction of sp³-hybridized carbons (Fsp3) is 0.417. The van der Waals surface area contributed by atoms with Crippen molar-refractivity contribution in [2.24, 2.45) is 0 Å². The lowest BCUT2D eigenvalue weighted by Crippen LogP contribution is -2.28. The van der Waals surface area contributed by atoms with Crippen LogP contribution in [-0.2, 0) is 0 Å². The topological polar surface area (TPSA) is 88.2 Å². The summed E-state index contributed by atoms with van der Waals surface area (Å²) in [6.07, 6.45) is 0.452. The molecule has 20 heavy (non-hydrogen) atoms. The third-order valence-electron chi connectivity index (χ3n) is 2.45. The number of nitrogens with zero attached hydrogens (tertiary/aromatic N) is 2. The number of nitriles is 1. The summed E-state index contributed by atoms with van der Waals surface area (Å²) in [6, 6.07) is 4.12. The van der Waals surface area contributed by atoms with Crippen molar-refractivity contribution in [1.29, 1.82) is 5.26 Å². The molecule has 0 aliphatic rings. The summed E-state index contributed by atoms with van der Waals surface area (Å²) in [5, 5.41) is 22.6. The molecule has 0 aliphatic carbocycles. The van der Waals surface area contributed by atoms with E-state index >= 15 is 0 Å². The fourth-order valence-corrected chi connectivity index (χ4v) is 2.11. The largest absolute Gasteiger partial charge is 0.490 e. The fourth-order valence-electron chi connectivity index (χ4n) is 1.53. The van der Waals surface area contributed by atoms with Gasteiger partial charge in [0.05, 0.1) is 33.7 Å². The van der Waals surface area contributed by atoms with Crippen LogP contribution < -0.4 is 10.1 Å². The van der Waals surface area contributed by atoms with Crippen LogP contribution in [0.15, 0.2) is 12.1 Å². The first-order valence-electron chi connectivity index (χ1n) is 5.88. The molecule has 8 heteroatoms. The predicted molar refractivity (Wildman–Crippen MR) is 76.3 cm³/mol. The van der Waals surface area contributed by atoms with Gasteiger partial charge in [-0.1, -0.05) is 30.1 Å². The van der Waals surface area contributed by atoms with Gasteiger partial charge in [0.2, 0.25) is 0 Å². The zero-order valence-corrected chi connectivity index (χ0v) is 12.2. The molecule has 1 rings (SSSR count). The molecule has 0 aliphatic heterocycles. The van der Waals surface area contributed by atoms with Crippen molar-refractivity contribution < 1.29 is 9.66 Å². The maximum atomic E-state index is 10.6. The van der Waals surface area contributed by atoms with E-state index in [1.165, 1.54) is 12.1 Å². The Bertz CT molecular complexity index is 508. The molecule has 0 radical (unpaired) electrons. The van der Waals surface area contributed by atoms with Crippen molar-refractivity contribution in [3.63, 3.8) is 0 Å². The lowest BCUT2D eigenvalue weighted by molar-refractivity contribution is -0.384. The molecule has 0 saturated heterocycles. The molecule has 0 aromatic heterocycles. The van der Waals surface area contributed by atoms with Crippen molar-refractivity contribution in [1.82, 2.24) is 5.32 Å². The second-order valence-electron chi connectivity index (χ2n) is 3.87. The van der Waals surface area contributed by atoms with Crippen LogP contribution in [0.5, 0.6) is 5.75 Å². The van der Waals surface area contributed by atoms with E-state index in [1.807, 2.05) is 6.92 Å². The zero-order chi connectivity index (χ0) is 15.1. The van der Waals surface area contributed by atoms with Gasteiger partial charge in [0.25, 0.3) is 5.69 Å². The van der Waals surface area contributed by atoms with Gasteiger partial charge in [-0.25, -0.2) is 0 Å². The highest BCUT2D eigenvalue weighted by atomic mass is 35.5. The molecule has 1 aromatic carbocycles. The molecule has 0 heterocycles. The monoisotopic (exact) mass is 317 g/mol. The van der Waals surface area contributed by atoms with E-state index in [2.05, 4.69) is 11.4 Å². The second-order valence-corrected chi connectivity index (χ2v) is 4.69. The normalized spacial score (nSPS) is 11.7. The Morgan fingerprint density at radius 3 is 2.55 bits per heavy atom. The Balaban J connectivity index is 2.70. The smallest absolute Gasteiger partial charge is 0.272 e. The number of nitro groups is 1. The highest BCUT2D eigenvalue weighted by molar-refractivity contribution is 6.37. The summed E-state index contributed by atoms with van der Waals surface area (Å²) >= 11 is 11.8. The Morgan fingerprint density at radius 2 is 2.10 bits per heavy atom. The van der Waals surface area contributed by atoms with Gasteiger partial charge in [-0.2, -0.15) is 5.26 Å². The third-order valence-corrected chi connectivity index (χ3v) is 3.01. The van der Waals surface area contributed by atoms with Crippen LogP contribution in [0.25, 0.3) is 0 Å². The number of non-ortho nitro benzene ring substituents is 1. The molecule has 1 N–H and O–H groups in total. The van der Waals surface area contributed by atoms with Crippen LogP contribution in [0.4, 0.5) is 5.69 Å². The Kier molecular flexibility index (Phi) is 6.52. The summed E-state index contributed by atoms with van der Waals surface area (Å²) < 4.78 is 5.40. The molecule has 1 unspecified atom stereocenters. The van der Waals surface area contributed by atoms with Gasteiger partial charge in [-0.15, -0.1) is 0 Å². The maximum absolute atomic E-state index is 10.6. The van der Waals surface area contributed by atoms with Gasteiger partial charge in [-0.3, -0.25) is 10.1 Å². The van der Waals surface area contributed by atoms with Crippen molar-refractivity contribution in [3.05, 3.63) is 32.3 Å². The lowest BCUT2D eigenvalue weighted by atomic mass is 10.2. The minimum absolute atomic E-state index is 0.0705. The van der Waals surface area contributed by atoms with Gasteiger partial charge in [0.15, 0.2) is 5.75 Å².